The van der Waals surface area contributed by atoms with Crippen LogP contribution in [0.25, 0.3) is 11.1 Å². The molecule has 0 atom stereocenters. The Morgan fingerprint density at radius 3 is 2.78 bits per heavy atom. The van der Waals surface area contributed by atoms with Crippen LogP contribution in [0.1, 0.15) is 18.9 Å². The molecule has 2 rings (SSSR count). The summed E-state index contributed by atoms with van der Waals surface area (Å²) in [6.45, 7) is 2.15. The Morgan fingerprint density at radius 1 is 1.22 bits per heavy atom. The number of ether oxygens (including phenoxy) is 2. The Morgan fingerprint density at radius 2 is 2.06 bits per heavy atom. The van der Waals surface area contributed by atoms with E-state index in [0.29, 0.717) is 5.75 Å². The highest BCUT2D eigenvalue weighted by molar-refractivity contribution is 5.73. The summed E-state index contributed by atoms with van der Waals surface area (Å²) in [7, 11) is 1.30. The number of fused-ring (bicyclic) bond motifs is 1. The molecule has 0 saturated carbocycles. The lowest BCUT2D eigenvalue weighted by atomic mass is 10.1. The lowest BCUT2D eigenvalue weighted by Gasteiger charge is -2.02. The standard InChI is InChI=1S/C15H16O3/c1-3-5-11-8-9-12-6-4-7-13(10-14(11)12)18-15(16)17-2/h4,6-10H,3,5H2,1-2H3. The van der Waals surface area contributed by atoms with Gasteiger partial charge in [-0.15, -0.1) is 0 Å². The Kier molecular flexibility index (Phi) is 3.82. The molecule has 0 bridgehead atoms. The molecule has 94 valence electrons. The minimum absolute atomic E-state index is 0.500. The first kappa shape index (κ1) is 12.4. The van der Waals surface area contributed by atoms with Gasteiger partial charge in [-0.05, 0) is 35.2 Å². The van der Waals surface area contributed by atoms with Crippen LogP contribution < -0.4 is 4.74 Å². The van der Waals surface area contributed by atoms with Crippen LogP contribution in [0.2, 0.25) is 0 Å². The maximum Gasteiger partial charge on any atom is 0.513 e. The first-order valence-corrected chi connectivity index (χ1v) is 6.02. The Bertz CT molecular complexity index is 519. The molecule has 0 aliphatic heterocycles. The third kappa shape index (κ3) is 2.62. The van der Waals surface area contributed by atoms with E-state index in [1.807, 2.05) is 18.2 Å². The molecule has 0 fully saturated rings. The predicted molar refractivity (Wildman–Crippen MR) is 70.1 cm³/mol. The normalized spacial score (nSPS) is 10.3. The van der Waals surface area contributed by atoms with E-state index in [1.54, 1.807) is 6.07 Å². The average molecular weight is 244 g/mol. The van der Waals surface area contributed by atoms with E-state index in [0.717, 1.165) is 24.0 Å². The van der Waals surface area contributed by atoms with Gasteiger partial charge in [0.05, 0.1) is 7.11 Å². The summed E-state index contributed by atoms with van der Waals surface area (Å²) in [5.74, 6) is 0.500. The van der Waals surface area contributed by atoms with E-state index in [4.69, 9.17) is 4.74 Å². The minimum Gasteiger partial charge on any atom is -0.437 e. The second-order valence-corrected chi connectivity index (χ2v) is 4.11. The topological polar surface area (TPSA) is 35.5 Å². The molecule has 3 nitrogen and oxygen atoms in total. The molecule has 0 unspecified atom stereocenters. The van der Waals surface area contributed by atoms with E-state index in [1.165, 1.54) is 12.7 Å². The zero-order chi connectivity index (χ0) is 13.0. The maximum absolute atomic E-state index is 11.1. The molecular formula is C15H16O3. The molecule has 18 heavy (non-hydrogen) atoms. The van der Waals surface area contributed by atoms with Crippen LogP contribution in [-0.4, -0.2) is 13.3 Å². The lowest BCUT2D eigenvalue weighted by Crippen LogP contribution is -2.06. The number of carbonyl (C=O) groups is 1. The second kappa shape index (κ2) is 5.54. The van der Waals surface area contributed by atoms with Crippen molar-refractivity contribution < 1.29 is 14.3 Å². The fourth-order valence-corrected chi connectivity index (χ4v) is 2.00. The summed E-state index contributed by atoms with van der Waals surface area (Å²) in [5.41, 5.74) is 3.55. The zero-order valence-corrected chi connectivity index (χ0v) is 10.6. The van der Waals surface area contributed by atoms with E-state index in [2.05, 4.69) is 23.8 Å². The van der Waals surface area contributed by atoms with Crippen molar-refractivity contribution in [2.45, 2.75) is 19.8 Å². The highest BCUT2D eigenvalue weighted by Crippen LogP contribution is 2.30. The van der Waals surface area contributed by atoms with Crippen molar-refractivity contribution in [3.63, 3.8) is 0 Å². The van der Waals surface area contributed by atoms with Gasteiger partial charge in [-0.25, -0.2) is 4.79 Å². The predicted octanol–water partition coefficient (Wildman–Crippen LogP) is 3.89. The van der Waals surface area contributed by atoms with Gasteiger partial charge in [-0.2, -0.15) is 0 Å². The van der Waals surface area contributed by atoms with E-state index >= 15 is 0 Å². The van der Waals surface area contributed by atoms with Crippen LogP contribution >= 0.6 is 0 Å². The van der Waals surface area contributed by atoms with Gasteiger partial charge in [0.2, 0.25) is 0 Å². The molecule has 3 heteroatoms. The first-order valence-electron chi connectivity index (χ1n) is 6.02. The fourth-order valence-electron chi connectivity index (χ4n) is 2.00. The Labute approximate surface area is 107 Å². The molecular weight excluding hydrogens is 228 g/mol. The van der Waals surface area contributed by atoms with Gasteiger partial charge in [0.15, 0.2) is 0 Å². The molecule has 0 amide bonds. The van der Waals surface area contributed by atoms with Crippen molar-refractivity contribution >= 4 is 6.16 Å². The summed E-state index contributed by atoms with van der Waals surface area (Å²) in [6.07, 6.45) is 1.41. The van der Waals surface area contributed by atoms with Crippen molar-refractivity contribution in [2.24, 2.45) is 0 Å². The molecule has 0 saturated heterocycles. The van der Waals surface area contributed by atoms with Crippen molar-refractivity contribution in [2.75, 3.05) is 7.11 Å². The summed E-state index contributed by atoms with van der Waals surface area (Å²) in [6, 6.07) is 11.7. The lowest BCUT2D eigenvalue weighted by molar-refractivity contribution is 0.121. The molecule has 0 aromatic heterocycles. The SMILES string of the molecule is CCCc1ccc2cccc(OC(=O)OC)cc1-2. The van der Waals surface area contributed by atoms with Crippen LogP contribution in [0.3, 0.4) is 0 Å². The molecule has 0 N–H and O–H groups in total. The van der Waals surface area contributed by atoms with Crippen LogP contribution in [0, 0.1) is 0 Å². The quantitative estimate of drug-likeness (QED) is 0.768. The van der Waals surface area contributed by atoms with Crippen LogP contribution in [-0.2, 0) is 11.2 Å². The summed E-state index contributed by atoms with van der Waals surface area (Å²) < 4.78 is 9.57. The van der Waals surface area contributed by atoms with E-state index in [-0.39, 0.29) is 0 Å². The third-order valence-corrected chi connectivity index (χ3v) is 2.83. The molecule has 0 aromatic rings. The van der Waals surface area contributed by atoms with Gasteiger partial charge in [-0.3, -0.25) is 0 Å². The number of rotatable bonds is 3. The van der Waals surface area contributed by atoms with Crippen molar-refractivity contribution in [1.82, 2.24) is 0 Å². The van der Waals surface area contributed by atoms with Crippen LogP contribution in [0.5, 0.6) is 5.75 Å². The summed E-state index contributed by atoms with van der Waals surface area (Å²) >= 11 is 0. The molecule has 0 heterocycles. The summed E-state index contributed by atoms with van der Waals surface area (Å²) in [5, 5.41) is 0. The Balaban J connectivity index is 2.38. The van der Waals surface area contributed by atoms with Crippen molar-refractivity contribution in [3.05, 3.63) is 42.0 Å². The largest absolute Gasteiger partial charge is 0.513 e. The zero-order valence-electron chi connectivity index (χ0n) is 10.6. The van der Waals surface area contributed by atoms with Gasteiger partial charge in [0.1, 0.15) is 5.75 Å². The van der Waals surface area contributed by atoms with Gasteiger partial charge < -0.3 is 9.47 Å². The fraction of sp³-hybridized carbons (Fsp3) is 0.267. The number of aryl methyl sites for hydroxylation is 1. The van der Waals surface area contributed by atoms with Crippen LogP contribution in [0.15, 0.2) is 36.4 Å². The number of methoxy groups -OCH3 is 1. The minimum atomic E-state index is -0.696. The highest BCUT2D eigenvalue weighted by Gasteiger charge is 2.10. The van der Waals surface area contributed by atoms with Gasteiger partial charge in [0, 0.05) is 0 Å². The van der Waals surface area contributed by atoms with Crippen molar-refractivity contribution in [3.8, 4) is 16.9 Å². The van der Waals surface area contributed by atoms with E-state index in [9.17, 15) is 4.79 Å². The second-order valence-electron chi connectivity index (χ2n) is 4.11. The molecule has 2 aliphatic carbocycles. The molecule has 2 aliphatic rings. The Hall–Kier alpha value is -2.03. The van der Waals surface area contributed by atoms with Crippen LogP contribution in [0.4, 0.5) is 4.79 Å². The van der Waals surface area contributed by atoms with E-state index < -0.39 is 6.16 Å². The summed E-state index contributed by atoms with van der Waals surface area (Å²) in [4.78, 5) is 11.1. The average Bonchev–Trinajstić information content (AvgIpc) is 2.61. The highest BCUT2D eigenvalue weighted by atomic mass is 16.7. The number of hydrogen-bond donors (Lipinski definition) is 0. The smallest absolute Gasteiger partial charge is 0.437 e. The molecule has 0 spiro atoms. The monoisotopic (exact) mass is 244 g/mol. The third-order valence-electron chi connectivity index (χ3n) is 2.83. The van der Waals surface area contributed by atoms with Gasteiger partial charge in [0.25, 0.3) is 0 Å². The molecule has 0 aromatic carbocycles. The number of hydrogen-bond acceptors (Lipinski definition) is 3. The maximum atomic E-state index is 11.1. The van der Waals surface area contributed by atoms with Gasteiger partial charge >= 0.3 is 6.16 Å². The molecule has 0 radical (unpaired) electrons. The van der Waals surface area contributed by atoms with Gasteiger partial charge in [-0.1, -0.05) is 37.6 Å². The first-order chi connectivity index (χ1) is 8.74. The number of carbonyl (C=O) groups excluding carboxylic acids is 1. The van der Waals surface area contributed by atoms with Crippen molar-refractivity contribution in [1.29, 1.82) is 0 Å².